The molecule has 0 radical (unpaired) electrons. The molecule has 3 aromatic rings. The fourth-order valence-electron chi connectivity index (χ4n) is 2.13. The summed E-state index contributed by atoms with van der Waals surface area (Å²) in [6.45, 7) is 0. The molecule has 0 aliphatic rings. The van der Waals surface area contributed by atoms with Crippen molar-refractivity contribution < 1.29 is 4.74 Å². The van der Waals surface area contributed by atoms with Gasteiger partial charge in [0.15, 0.2) is 5.15 Å². The Kier molecular flexibility index (Phi) is 4.03. The fraction of sp³-hybridized carbons (Fsp3) is 0.133. The van der Waals surface area contributed by atoms with Crippen LogP contribution in [-0.4, -0.2) is 26.9 Å². The van der Waals surface area contributed by atoms with Crippen LogP contribution in [0.5, 0.6) is 5.75 Å². The van der Waals surface area contributed by atoms with Crippen molar-refractivity contribution >= 4 is 28.9 Å². The van der Waals surface area contributed by atoms with Gasteiger partial charge in [0.2, 0.25) is 5.95 Å². The summed E-state index contributed by atoms with van der Waals surface area (Å²) in [7, 11) is 3.49. The number of anilines is 3. The maximum Gasteiger partial charge on any atom is 0.228 e. The molecule has 0 saturated heterocycles. The van der Waals surface area contributed by atoms with Crippen molar-refractivity contribution in [3.05, 3.63) is 41.9 Å². The number of aryl methyl sites for hydroxylation is 1. The molecule has 0 aliphatic carbocycles. The lowest BCUT2D eigenvalue weighted by atomic mass is 10.1. The molecule has 0 aliphatic heterocycles. The van der Waals surface area contributed by atoms with Crippen molar-refractivity contribution in [2.24, 2.45) is 7.05 Å². The van der Waals surface area contributed by atoms with E-state index in [9.17, 15) is 0 Å². The Balaban J connectivity index is 1.91. The van der Waals surface area contributed by atoms with E-state index in [-0.39, 0.29) is 5.15 Å². The van der Waals surface area contributed by atoms with E-state index in [1.807, 2.05) is 31.4 Å². The maximum atomic E-state index is 5.90. The van der Waals surface area contributed by atoms with Crippen LogP contribution in [0.4, 0.5) is 17.3 Å². The lowest BCUT2D eigenvalue weighted by molar-refractivity contribution is 0.416. The van der Waals surface area contributed by atoms with E-state index < -0.39 is 0 Å². The number of methoxy groups -OCH3 is 1. The van der Waals surface area contributed by atoms with E-state index in [1.54, 1.807) is 18.0 Å². The normalized spacial score (nSPS) is 10.6. The first-order valence-electron chi connectivity index (χ1n) is 6.79. The summed E-state index contributed by atoms with van der Waals surface area (Å²) in [5.41, 5.74) is 8.63. The number of nitrogens with one attached hydrogen (secondary N) is 1. The van der Waals surface area contributed by atoms with Crippen molar-refractivity contribution in [2.75, 3.05) is 18.2 Å². The standard InChI is InChI=1S/C15H15ClN6O/c1-22-8-9(6-19-22)11-4-3-10(5-13(11)23-2)20-15-18-7-12(17)14(16)21-15/h3-8H,17H2,1-2H3,(H,18,20,21). The molecule has 3 rings (SSSR count). The lowest BCUT2D eigenvalue weighted by Crippen LogP contribution is -2.00. The highest BCUT2D eigenvalue weighted by Crippen LogP contribution is 2.32. The second kappa shape index (κ2) is 6.13. The Bertz CT molecular complexity index is 848. The van der Waals surface area contributed by atoms with Gasteiger partial charge >= 0.3 is 0 Å². The Hall–Kier alpha value is -2.80. The van der Waals surface area contributed by atoms with Gasteiger partial charge in [-0.3, -0.25) is 4.68 Å². The Labute approximate surface area is 138 Å². The van der Waals surface area contributed by atoms with Crippen LogP contribution in [0.15, 0.2) is 36.8 Å². The smallest absolute Gasteiger partial charge is 0.228 e. The quantitative estimate of drug-likeness (QED) is 0.715. The average molecular weight is 331 g/mol. The van der Waals surface area contributed by atoms with E-state index in [1.165, 1.54) is 6.20 Å². The number of hydrogen-bond acceptors (Lipinski definition) is 6. The summed E-state index contributed by atoms with van der Waals surface area (Å²) < 4.78 is 7.21. The topological polar surface area (TPSA) is 90.9 Å². The number of rotatable bonds is 4. The highest BCUT2D eigenvalue weighted by Gasteiger charge is 2.10. The van der Waals surface area contributed by atoms with Gasteiger partial charge in [-0.25, -0.2) is 4.98 Å². The number of aromatic nitrogens is 4. The average Bonchev–Trinajstić information content (AvgIpc) is 2.97. The van der Waals surface area contributed by atoms with Gasteiger partial charge in [-0.1, -0.05) is 11.6 Å². The third-order valence-electron chi connectivity index (χ3n) is 3.24. The first kappa shape index (κ1) is 15.1. The number of nitrogen functional groups attached to an aromatic ring is 1. The van der Waals surface area contributed by atoms with Crippen LogP contribution in [-0.2, 0) is 7.05 Å². The molecule has 2 heterocycles. The second-order valence-corrected chi connectivity index (χ2v) is 5.24. The zero-order chi connectivity index (χ0) is 16.4. The summed E-state index contributed by atoms with van der Waals surface area (Å²) in [4.78, 5) is 8.16. The molecular weight excluding hydrogens is 316 g/mol. The van der Waals surface area contributed by atoms with Crippen LogP contribution in [0.1, 0.15) is 0 Å². The summed E-state index contributed by atoms with van der Waals surface area (Å²) >= 11 is 5.90. The lowest BCUT2D eigenvalue weighted by Gasteiger charge is -2.11. The first-order valence-corrected chi connectivity index (χ1v) is 7.16. The van der Waals surface area contributed by atoms with Crippen molar-refractivity contribution in [1.29, 1.82) is 0 Å². The van der Waals surface area contributed by atoms with Crippen molar-refractivity contribution in [3.63, 3.8) is 0 Å². The van der Waals surface area contributed by atoms with E-state index in [4.69, 9.17) is 22.1 Å². The molecule has 0 amide bonds. The number of hydrogen-bond donors (Lipinski definition) is 2. The third-order valence-corrected chi connectivity index (χ3v) is 3.54. The van der Waals surface area contributed by atoms with Crippen molar-refractivity contribution in [3.8, 4) is 16.9 Å². The van der Waals surface area contributed by atoms with Crippen molar-refractivity contribution in [1.82, 2.24) is 19.7 Å². The maximum absolute atomic E-state index is 5.90. The van der Waals surface area contributed by atoms with Gasteiger partial charge in [-0.2, -0.15) is 10.1 Å². The molecule has 2 aromatic heterocycles. The van der Waals surface area contributed by atoms with E-state index in [2.05, 4.69) is 20.4 Å². The van der Waals surface area contributed by atoms with E-state index in [0.717, 1.165) is 16.8 Å². The van der Waals surface area contributed by atoms with Gasteiger partial charge in [0.1, 0.15) is 5.75 Å². The summed E-state index contributed by atoms with van der Waals surface area (Å²) in [5.74, 6) is 1.07. The van der Waals surface area contributed by atoms with Gasteiger partial charge < -0.3 is 15.8 Å². The minimum Gasteiger partial charge on any atom is -0.496 e. The van der Waals surface area contributed by atoms with E-state index >= 15 is 0 Å². The van der Waals surface area contributed by atoms with Crippen LogP contribution >= 0.6 is 11.6 Å². The largest absolute Gasteiger partial charge is 0.496 e. The highest BCUT2D eigenvalue weighted by atomic mass is 35.5. The first-order chi connectivity index (χ1) is 11.1. The third kappa shape index (κ3) is 3.19. The minimum atomic E-state index is 0.210. The van der Waals surface area contributed by atoms with Gasteiger partial charge in [0.25, 0.3) is 0 Å². The van der Waals surface area contributed by atoms with Crippen LogP contribution in [0, 0.1) is 0 Å². The van der Waals surface area contributed by atoms with Gasteiger partial charge in [0.05, 0.1) is 25.2 Å². The Morgan fingerprint density at radius 2 is 2.13 bits per heavy atom. The molecule has 8 heteroatoms. The molecule has 0 saturated carbocycles. The van der Waals surface area contributed by atoms with Crippen molar-refractivity contribution in [2.45, 2.75) is 0 Å². The molecule has 1 aromatic carbocycles. The predicted molar refractivity (Wildman–Crippen MR) is 89.9 cm³/mol. The molecule has 0 atom stereocenters. The molecule has 0 fully saturated rings. The summed E-state index contributed by atoms with van der Waals surface area (Å²) in [6.07, 6.45) is 5.17. The van der Waals surface area contributed by atoms with E-state index in [0.29, 0.717) is 17.4 Å². The molecule has 3 N–H and O–H groups in total. The Morgan fingerprint density at radius 1 is 1.30 bits per heavy atom. The highest BCUT2D eigenvalue weighted by molar-refractivity contribution is 6.31. The summed E-state index contributed by atoms with van der Waals surface area (Å²) in [6, 6.07) is 5.70. The molecule has 118 valence electrons. The number of nitrogens with two attached hydrogens (primary N) is 1. The number of benzene rings is 1. The van der Waals surface area contributed by atoms with Crippen LogP contribution < -0.4 is 15.8 Å². The number of nitrogens with zero attached hydrogens (tertiary/aromatic N) is 4. The Morgan fingerprint density at radius 3 is 2.78 bits per heavy atom. The predicted octanol–water partition coefficient (Wildman–Crippen LogP) is 2.86. The van der Waals surface area contributed by atoms with Crippen LogP contribution in [0.2, 0.25) is 5.15 Å². The van der Waals surface area contributed by atoms with Gasteiger partial charge in [-0.15, -0.1) is 0 Å². The monoisotopic (exact) mass is 330 g/mol. The fourth-order valence-corrected chi connectivity index (χ4v) is 2.26. The number of ether oxygens (including phenoxy) is 1. The molecular formula is C15H15ClN6O. The minimum absolute atomic E-state index is 0.210. The van der Waals surface area contributed by atoms with Crippen LogP contribution in [0.3, 0.4) is 0 Å². The molecule has 23 heavy (non-hydrogen) atoms. The zero-order valence-corrected chi connectivity index (χ0v) is 13.4. The zero-order valence-electron chi connectivity index (χ0n) is 12.6. The van der Waals surface area contributed by atoms with Crippen LogP contribution in [0.25, 0.3) is 11.1 Å². The second-order valence-electron chi connectivity index (χ2n) is 4.88. The molecule has 0 unspecified atom stereocenters. The van der Waals surface area contributed by atoms with Gasteiger partial charge in [0, 0.05) is 36.1 Å². The summed E-state index contributed by atoms with van der Waals surface area (Å²) in [5, 5.41) is 7.45. The molecule has 0 spiro atoms. The molecule has 0 bridgehead atoms. The SMILES string of the molecule is COc1cc(Nc2ncc(N)c(Cl)n2)ccc1-c1cnn(C)c1. The number of halogens is 1. The molecule has 7 nitrogen and oxygen atoms in total. The van der Waals surface area contributed by atoms with Gasteiger partial charge in [-0.05, 0) is 12.1 Å².